The molecule has 0 fully saturated rings. The normalized spacial score (nSPS) is 10.0. The summed E-state index contributed by atoms with van der Waals surface area (Å²) in [5, 5.41) is 32.5. The first-order chi connectivity index (χ1) is 9.51. The Balaban J connectivity index is 0. The first kappa shape index (κ1) is 21.2. The van der Waals surface area contributed by atoms with Gasteiger partial charge >= 0.3 is 11.9 Å². The lowest BCUT2D eigenvalue weighted by Gasteiger charge is -2.06. The molecule has 0 aliphatic carbocycles. The second kappa shape index (κ2) is 15.9. The van der Waals surface area contributed by atoms with Gasteiger partial charge < -0.3 is 20.4 Å². The standard InChI is InChI=1S/C12H22O4.C2H6O2/c1-2-3-4-5-6-7-8-9-10(11(13)14)12(15)16;3-1-2-4/h10H,2-9H2,1H3,(H,13,14)(H,15,16);3-4H,1-2H2. The van der Waals surface area contributed by atoms with Crippen molar-refractivity contribution in [3.8, 4) is 0 Å². The minimum Gasteiger partial charge on any atom is -0.481 e. The van der Waals surface area contributed by atoms with Crippen molar-refractivity contribution >= 4 is 11.9 Å². The number of aliphatic hydroxyl groups excluding tert-OH is 2. The predicted octanol–water partition coefficient (Wildman–Crippen LogP) is 1.88. The number of aliphatic carboxylic acids is 2. The van der Waals surface area contributed by atoms with Crippen LogP contribution >= 0.6 is 0 Å². The molecule has 0 amide bonds. The van der Waals surface area contributed by atoms with Gasteiger partial charge in [0.2, 0.25) is 0 Å². The first-order valence-corrected chi connectivity index (χ1v) is 7.18. The summed E-state index contributed by atoms with van der Waals surface area (Å²) in [4.78, 5) is 21.1. The Morgan fingerprint density at radius 1 is 0.800 bits per heavy atom. The lowest BCUT2D eigenvalue weighted by atomic mass is 10.0. The third kappa shape index (κ3) is 14.9. The molecule has 120 valence electrons. The van der Waals surface area contributed by atoms with Crippen LogP contribution in [0.1, 0.15) is 58.3 Å². The molecule has 0 radical (unpaired) electrons. The van der Waals surface area contributed by atoms with E-state index in [9.17, 15) is 9.59 Å². The zero-order valence-electron chi connectivity index (χ0n) is 12.3. The van der Waals surface area contributed by atoms with E-state index in [1.165, 1.54) is 25.7 Å². The van der Waals surface area contributed by atoms with Gasteiger partial charge in [-0.3, -0.25) is 9.59 Å². The molecule has 0 aromatic heterocycles. The molecule has 4 N–H and O–H groups in total. The first-order valence-electron chi connectivity index (χ1n) is 7.18. The monoisotopic (exact) mass is 292 g/mol. The molecule has 0 rings (SSSR count). The summed E-state index contributed by atoms with van der Waals surface area (Å²) in [5.41, 5.74) is 0. The van der Waals surface area contributed by atoms with Gasteiger partial charge in [-0.15, -0.1) is 0 Å². The largest absolute Gasteiger partial charge is 0.481 e. The highest BCUT2D eigenvalue weighted by Gasteiger charge is 2.24. The molecule has 0 aliphatic heterocycles. The minimum absolute atomic E-state index is 0.125. The number of aliphatic hydroxyl groups is 2. The maximum Gasteiger partial charge on any atom is 0.317 e. The van der Waals surface area contributed by atoms with Crippen molar-refractivity contribution in [2.75, 3.05) is 13.2 Å². The quantitative estimate of drug-likeness (QED) is 0.341. The molecule has 6 heteroatoms. The van der Waals surface area contributed by atoms with Gasteiger partial charge in [0.05, 0.1) is 13.2 Å². The minimum atomic E-state index is -1.23. The van der Waals surface area contributed by atoms with Crippen molar-refractivity contribution in [1.82, 2.24) is 0 Å². The van der Waals surface area contributed by atoms with Crippen molar-refractivity contribution in [3.05, 3.63) is 0 Å². The molecule has 0 spiro atoms. The van der Waals surface area contributed by atoms with Crippen molar-refractivity contribution in [2.24, 2.45) is 5.92 Å². The second-order valence-electron chi connectivity index (χ2n) is 4.59. The fourth-order valence-electron chi connectivity index (χ4n) is 1.66. The summed E-state index contributed by atoms with van der Waals surface area (Å²) in [7, 11) is 0. The van der Waals surface area contributed by atoms with Gasteiger partial charge in [0, 0.05) is 0 Å². The highest BCUT2D eigenvalue weighted by atomic mass is 16.4. The molecule has 0 aromatic carbocycles. The third-order valence-electron chi connectivity index (χ3n) is 2.79. The molecule has 6 nitrogen and oxygen atoms in total. The molecule has 0 aromatic rings. The number of carboxylic acids is 2. The van der Waals surface area contributed by atoms with Crippen LogP contribution in [-0.4, -0.2) is 45.6 Å². The summed E-state index contributed by atoms with van der Waals surface area (Å²) in [6.45, 7) is 1.91. The smallest absolute Gasteiger partial charge is 0.317 e. The topological polar surface area (TPSA) is 115 Å². The van der Waals surface area contributed by atoms with Crippen molar-refractivity contribution in [2.45, 2.75) is 58.3 Å². The molecule has 0 saturated carbocycles. The van der Waals surface area contributed by atoms with E-state index in [4.69, 9.17) is 20.4 Å². The van der Waals surface area contributed by atoms with Crippen molar-refractivity contribution < 1.29 is 30.0 Å². The van der Waals surface area contributed by atoms with E-state index in [0.717, 1.165) is 12.8 Å². The molecule has 20 heavy (non-hydrogen) atoms. The van der Waals surface area contributed by atoms with Gasteiger partial charge in [0.25, 0.3) is 0 Å². The van der Waals surface area contributed by atoms with E-state index in [1.54, 1.807) is 0 Å². The van der Waals surface area contributed by atoms with Gasteiger partial charge in [-0.1, -0.05) is 51.9 Å². The van der Waals surface area contributed by atoms with Crippen molar-refractivity contribution in [1.29, 1.82) is 0 Å². The summed E-state index contributed by atoms with van der Waals surface area (Å²) in [6, 6.07) is 0. The average molecular weight is 292 g/mol. The fourth-order valence-corrected chi connectivity index (χ4v) is 1.66. The van der Waals surface area contributed by atoms with E-state index < -0.39 is 17.9 Å². The van der Waals surface area contributed by atoms with Crippen LogP contribution in [0, 0.1) is 5.92 Å². The maximum absolute atomic E-state index is 10.6. The SMILES string of the molecule is CCCCCCCCCC(C(=O)O)C(=O)O.OCCO. The van der Waals surface area contributed by atoms with Crippen LogP contribution in [-0.2, 0) is 9.59 Å². The fraction of sp³-hybridized carbons (Fsp3) is 0.857. The van der Waals surface area contributed by atoms with Gasteiger partial charge in [0.1, 0.15) is 0 Å². The summed E-state index contributed by atoms with van der Waals surface area (Å²) in [5.74, 6) is -3.67. The number of rotatable bonds is 11. The van der Waals surface area contributed by atoms with Crippen LogP contribution in [0.4, 0.5) is 0 Å². The molecule has 0 atom stereocenters. The third-order valence-corrected chi connectivity index (χ3v) is 2.79. The summed E-state index contributed by atoms with van der Waals surface area (Å²) < 4.78 is 0. The maximum atomic E-state index is 10.6. The van der Waals surface area contributed by atoms with Gasteiger partial charge in [-0.05, 0) is 6.42 Å². The highest BCUT2D eigenvalue weighted by molar-refractivity contribution is 5.92. The Kier molecular flexibility index (Phi) is 16.8. The Labute approximate surface area is 120 Å². The number of hydrogen-bond donors (Lipinski definition) is 4. The molecule has 0 aliphatic rings. The Morgan fingerprint density at radius 2 is 1.20 bits per heavy atom. The van der Waals surface area contributed by atoms with Gasteiger partial charge in [-0.25, -0.2) is 0 Å². The highest BCUT2D eigenvalue weighted by Crippen LogP contribution is 2.13. The van der Waals surface area contributed by atoms with E-state index in [0.29, 0.717) is 6.42 Å². The molecular weight excluding hydrogens is 264 g/mol. The van der Waals surface area contributed by atoms with E-state index >= 15 is 0 Å². The Morgan fingerprint density at radius 3 is 1.55 bits per heavy atom. The van der Waals surface area contributed by atoms with Gasteiger partial charge in [0.15, 0.2) is 5.92 Å². The second-order valence-corrected chi connectivity index (χ2v) is 4.59. The average Bonchev–Trinajstić information content (AvgIpc) is 2.41. The van der Waals surface area contributed by atoms with Crippen LogP contribution in [0.5, 0.6) is 0 Å². The molecular formula is C14H28O6. The molecule has 0 bridgehead atoms. The van der Waals surface area contributed by atoms with Crippen LogP contribution < -0.4 is 0 Å². The Bertz CT molecular complexity index is 226. The van der Waals surface area contributed by atoms with E-state index in [-0.39, 0.29) is 19.6 Å². The van der Waals surface area contributed by atoms with Gasteiger partial charge in [-0.2, -0.15) is 0 Å². The Hall–Kier alpha value is -1.14. The molecule has 0 heterocycles. The van der Waals surface area contributed by atoms with Crippen LogP contribution in [0.3, 0.4) is 0 Å². The lowest BCUT2D eigenvalue weighted by Crippen LogP contribution is -2.23. The van der Waals surface area contributed by atoms with Crippen LogP contribution in [0.25, 0.3) is 0 Å². The lowest BCUT2D eigenvalue weighted by molar-refractivity contribution is -0.154. The molecule has 0 unspecified atom stereocenters. The van der Waals surface area contributed by atoms with E-state index in [1.807, 2.05) is 0 Å². The zero-order chi connectivity index (χ0) is 15.8. The molecule has 0 saturated heterocycles. The number of carboxylic acid groups (broad SMARTS) is 2. The zero-order valence-corrected chi connectivity index (χ0v) is 12.3. The van der Waals surface area contributed by atoms with E-state index in [2.05, 4.69) is 6.92 Å². The van der Waals surface area contributed by atoms with Crippen LogP contribution in [0.15, 0.2) is 0 Å². The number of carbonyl (C=O) groups is 2. The van der Waals surface area contributed by atoms with Crippen LogP contribution in [0.2, 0.25) is 0 Å². The number of hydrogen-bond acceptors (Lipinski definition) is 4. The number of unbranched alkanes of at least 4 members (excludes halogenated alkanes) is 6. The summed E-state index contributed by atoms with van der Waals surface area (Å²) >= 11 is 0. The summed E-state index contributed by atoms with van der Waals surface area (Å²) in [6.07, 6.45) is 7.78. The van der Waals surface area contributed by atoms with Crippen molar-refractivity contribution in [3.63, 3.8) is 0 Å². The predicted molar refractivity (Wildman–Crippen MR) is 75.5 cm³/mol.